The molecular formula is C35H59N5O5. The van der Waals surface area contributed by atoms with Gasteiger partial charge in [0, 0.05) is 25.4 Å². The van der Waals surface area contributed by atoms with E-state index in [1.165, 1.54) is 0 Å². The Balaban J connectivity index is 3.03. The lowest BCUT2D eigenvalue weighted by Crippen LogP contribution is -2.58. The van der Waals surface area contributed by atoms with E-state index in [0.717, 1.165) is 12.0 Å². The van der Waals surface area contributed by atoms with Crippen molar-refractivity contribution in [2.24, 2.45) is 29.6 Å². The molecule has 0 aliphatic carbocycles. The molecule has 0 saturated carbocycles. The number of carbonyl (C=O) groups excluding carboxylic acids is 5. The highest BCUT2D eigenvalue weighted by Crippen LogP contribution is 2.16. The van der Waals surface area contributed by atoms with Gasteiger partial charge in [0.25, 0.3) is 0 Å². The van der Waals surface area contributed by atoms with Crippen LogP contribution < -0.4 is 26.6 Å². The Labute approximate surface area is 271 Å². The Morgan fingerprint density at radius 2 is 1.13 bits per heavy atom. The van der Waals surface area contributed by atoms with Crippen molar-refractivity contribution < 1.29 is 24.0 Å². The van der Waals surface area contributed by atoms with Crippen LogP contribution in [0, 0.1) is 29.6 Å². The van der Waals surface area contributed by atoms with Gasteiger partial charge in [-0.2, -0.15) is 0 Å². The second-order valence-corrected chi connectivity index (χ2v) is 13.9. The summed E-state index contributed by atoms with van der Waals surface area (Å²) < 4.78 is 0. The number of amides is 5. The van der Waals surface area contributed by atoms with Crippen LogP contribution in [0.25, 0.3) is 0 Å². The molecule has 254 valence electrons. The van der Waals surface area contributed by atoms with Crippen LogP contribution in [0.2, 0.25) is 0 Å². The molecule has 0 radical (unpaired) electrons. The summed E-state index contributed by atoms with van der Waals surface area (Å²) in [5.74, 6) is -1.59. The zero-order valence-electron chi connectivity index (χ0n) is 29.2. The Morgan fingerprint density at radius 3 is 1.67 bits per heavy atom. The van der Waals surface area contributed by atoms with Gasteiger partial charge in [-0.3, -0.25) is 24.0 Å². The average molecular weight is 630 g/mol. The molecule has 0 bridgehead atoms. The summed E-state index contributed by atoms with van der Waals surface area (Å²) in [7, 11) is 0. The molecule has 5 amide bonds. The third kappa shape index (κ3) is 15.4. The molecule has 45 heavy (non-hydrogen) atoms. The minimum absolute atomic E-state index is 0.0946. The maximum Gasteiger partial charge on any atom is 0.243 e. The summed E-state index contributed by atoms with van der Waals surface area (Å²) in [6, 6.07) is 6.93. The lowest BCUT2D eigenvalue weighted by molar-refractivity contribution is -0.134. The third-order valence-electron chi connectivity index (χ3n) is 7.72. The molecule has 5 N–H and O–H groups in total. The second kappa shape index (κ2) is 19.9. The van der Waals surface area contributed by atoms with Gasteiger partial charge in [-0.25, -0.2) is 0 Å². The second-order valence-electron chi connectivity index (χ2n) is 13.9. The standard InChI is InChI=1S/C35H59N5O5/c1-21(2)16-17-36-33(43)26(10)37-30(42)19-25(9)28(20-27-14-12-11-13-15-27)38-34(44)32(24(7)8)40-35(45)31(23(5)6)39-29(41)18-22(3)4/h11-15,21-26,28,31-32H,16-20H2,1-10H3,(H,36,43)(H,37,42)(H,38,44)(H,39,41)(H,40,45)/t25-,26?,28?,31-,32?/m1/s1. The van der Waals surface area contributed by atoms with Crippen LogP contribution in [-0.2, 0) is 30.4 Å². The molecule has 3 unspecified atom stereocenters. The molecule has 0 aliphatic rings. The molecule has 0 saturated heterocycles. The van der Waals surface area contributed by atoms with Gasteiger partial charge in [0.05, 0.1) is 0 Å². The van der Waals surface area contributed by atoms with Gasteiger partial charge in [0.15, 0.2) is 0 Å². The summed E-state index contributed by atoms with van der Waals surface area (Å²) in [6.07, 6.45) is 1.73. The number of hydrogen-bond acceptors (Lipinski definition) is 5. The minimum Gasteiger partial charge on any atom is -0.354 e. The largest absolute Gasteiger partial charge is 0.354 e. The normalized spacial score (nSPS) is 14.8. The first-order chi connectivity index (χ1) is 21.0. The highest BCUT2D eigenvalue weighted by molar-refractivity contribution is 5.92. The zero-order chi connectivity index (χ0) is 34.3. The summed E-state index contributed by atoms with van der Waals surface area (Å²) in [4.78, 5) is 65.0. The molecule has 10 heteroatoms. The van der Waals surface area contributed by atoms with Crippen molar-refractivity contribution in [3.8, 4) is 0 Å². The Bertz CT molecular complexity index is 1090. The van der Waals surface area contributed by atoms with Gasteiger partial charge in [-0.15, -0.1) is 0 Å². The number of hydrogen-bond donors (Lipinski definition) is 5. The third-order valence-corrected chi connectivity index (χ3v) is 7.72. The van der Waals surface area contributed by atoms with Crippen LogP contribution in [0.15, 0.2) is 30.3 Å². The fourth-order valence-electron chi connectivity index (χ4n) is 4.89. The summed E-state index contributed by atoms with van der Waals surface area (Å²) >= 11 is 0. The van der Waals surface area contributed by atoms with Gasteiger partial charge in [0.2, 0.25) is 29.5 Å². The van der Waals surface area contributed by atoms with Crippen LogP contribution in [0.4, 0.5) is 0 Å². The highest BCUT2D eigenvalue weighted by Gasteiger charge is 2.33. The van der Waals surface area contributed by atoms with Gasteiger partial charge in [-0.1, -0.05) is 92.6 Å². The predicted molar refractivity (Wildman–Crippen MR) is 179 cm³/mol. The van der Waals surface area contributed by atoms with Crippen molar-refractivity contribution in [1.29, 1.82) is 0 Å². The van der Waals surface area contributed by atoms with Crippen LogP contribution in [0.1, 0.15) is 94.1 Å². The van der Waals surface area contributed by atoms with Crippen molar-refractivity contribution >= 4 is 29.5 Å². The van der Waals surface area contributed by atoms with Gasteiger partial charge >= 0.3 is 0 Å². The van der Waals surface area contributed by atoms with Crippen molar-refractivity contribution in [3.05, 3.63) is 35.9 Å². The SMILES string of the molecule is CC(C)CCNC(=O)C(C)NC(=O)C[C@@H](C)C(Cc1ccccc1)NC(=O)C(NC(=O)[C@H](NC(=O)CC(C)C)C(C)C)C(C)C. The van der Waals surface area contributed by atoms with Crippen LogP contribution in [-0.4, -0.2) is 60.2 Å². The summed E-state index contributed by atoms with van der Waals surface area (Å²) in [5, 5.41) is 14.5. The molecule has 0 fully saturated rings. The van der Waals surface area contributed by atoms with Gasteiger partial charge < -0.3 is 26.6 Å². The van der Waals surface area contributed by atoms with Gasteiger partial charge in [-0.05, 0) is 54.9 Å². The molecule has 0 aliphatic heterocycles. The smallest absolute Gasteiger partial charge is 0.243 e. The van der Waals surface area contributed by atoms with Crippen molar-refractivity contribution in [2.45, 2.75) is 119 Å². The molecular weight excluding hydrogens is 570 g/mol. The first kappa shape index (κ1) is 39.6. The topological polar surface area (TPSA) is 146 Å². The van der Waals surface area contributed by atoms with Gasteiger partial charge in [0.1, 0.15) is 18.1 Å². The predicted octanol–water partition coefficient (Wildman–Crippen LogP) is 3.73. The molecule has 1 aromatic carbocycles. The van der Waals surface area contributed by atoms with E-state index in [4.69, 9.17) is 0 Å². The molecule has 10 nitrogen and oxygen atoms in total. The Hall–Kier alpha value is -3.43. The van der Waals surface area contributed by atoms with E-state index >= 15 is 0 Å². The maximum absolute atomic E-state index is 13.7. The van der Waals surface area contributed by atoms with Crippen LogP contribution >= 0.6 is 0 Å². The fourth-order valence-corrected chi connectivity index (χ4v) is 4.89. The first-order valence-corrected chi connectivity index (χ1v) is 16.5. The monoisotopic (exact) mass is 629 g/mol. The van der Waals surface area contributed by atoms with E-state index in [9.17, 15) is 24.0 Å². The maximum atomic E-state index is 13.7. The molecule has 1 rings (SSSR count). The average Bonchev–Trinajstić information content (AvgIpc) is 2.93. The Morgan fingerprint density at radius 1 is 0.600 bits per heavy atom. The molecule has 0 spiro atoms. The summed E-state index contributed by atoms with van der Waals surface area (Å²) in [5.41, 5.74) is 0.992. The van der Waals surface area contributed by atoms with E-state index in [-0.39, 0.29) is 53.7 Å². The lowest BCUT2D eigenvalue weighted by atomic mass is 9.91. The minimum atomic E-state index is -0.852. The number of nitrogens with one attached hydrogen (secondary N) is 5. The van der Waals surface area contributed by atoms with Crippen molar-refractivity contribution in [3.63, 3.8) is 0 Å². The van der Waals surface area contributed by atoms with E-state index in [0.29, 0.717) is 25.3 Å². The molecule has 5 atom stereocenters. The van der Waals surface area contributed by atoms with E-state index in [2.05, 4.69) is 40.4 Å². The van der Waals surface area contributed by atoms with E-state index in [1.807, 2.05) is 78.8 Å². The fraction of sp³-hybridized carbons (Fsp3) is 0.686. The van der Waals surface area contributed by atoms with Crippen molar-refractivity contribution in [1.82, 2.24) is 26.6 Å². The number of rotatable bonds is 19. The molecule has 1 aromatic rings. The van der Waals surface area contributed by atoms with E-state index < -0.39 is 30.1 Å². The zero-order valence-corrected chi connectivity index (χ0v) is 29.2. The molecule has 0 aromatic heterocycles. The number of benzene rings is 1. The highest BCUT2D eigenvalue weighted by atomic mass is 16.2. The first-order valence-electron chi connectivity index (χ1n) is 16.5. The van der Waals surface area contributed by atoms with Crippen molar-refractivity contribution in [2.75, 3.05) is 6.54 Å². The quantitative estimate of drug-likeness (QED) is 0.158. The lowest BCUT2D eigenvalue weighted by Gasteiger charge is -2.31. The number of carbonyl (C=O) groups is 5. The molecule has 0 heterocycles. The van der Waals surface area contributed by atoms with Crippen LogP contribution in [0.5, 0.6) is 0 Å². The van der Waals surface area contributed by atoms with E-state index in [1.54, 1.807) is 6.92 Å². The van der Waals surface area contributed by atoms with Crippen LogP contribution in [0.3, 0.4) is 0 Å². The summed E-state index contributed by atoms with van der Waals surface area (Å²) in [6.45, 7) is 19.5. The Kier molecular flexibility index (Phi) is 17.5.